The Morgan fingerprint density at radius 1 is 1.14 bits per heavy atom. The molecule has 0 bridgehead atoms. The zero-order valence-electron chi connectivity index (χ0n) is 15.4. The first-order valence-corrected chi connectivity index (χ1v) is 9.63. The maximum Gasteiger partial charge on any atom is 0.416 e. The second kappa shape index (κ2) is 8.98. The van der Waals surface area contributed by atoms with Gasteiger partial charge in [-0.1, -0.05) is 11.6 Å². The average Bonchev–Trinajstić information content (AvgIpc) is 2.68. The van der Waals surface area contributed by atoms with Crippen molar-refractivity contribution in [1.82, 2.24) is 10.3 Å². The molecule has 0 unspecified atom stereocenters. The van der Waals surface area contributed by atoms with Gasteiger partial charge in [-0.3, -0.25) is 4.79 Å². The molecule has 9 heteroatoms. The Morgan fingerprint density at radius 3 is 2.48 bits per heavy atom. The van der Waals surface area contributed by atoms with E-state index < -0.39 is 23.6 Å². The first-order chi connectivity index (χ1) is 13.7. The Bertz CT molecular complexity index is 850. The van der Waals surface area contributed by atoms with E-state index in [-0.39, 0.29) is 16.6 Å². The largest absolute Gasteiger partial charge is 0.416 e. The van der Waals surface area contributed by atoms with Crippen LogP contribution in [-0.4, -0.2) is 23.5 Å². The number of alkyl halides is 3. The van der Waals surface area contributed by atoms with Crippen molar-refractivity contribution in [2.45, 2.75) is 37.9 Å². The van der Waals surface area contributed by atoms with E-state index >= 15 is 0 Å². The van der Waals surface area contributed by atoms with E-state index in [2.05, 4.69) is 15.6 Å². The fraction of sp³-hybridized carbons (Fsp3) is 0.400. The molecule has 1 aromatic carbocycles. The molecule has 1 amide bonds. The molecule has 0 saturated heterocycles. The molecule has 156 valence electrons. The number of hydrogen-bond donors (Lipinski definition) is 2. The van der Waals surface area contributed by atoms with E-state index in [1.165, 1.54) is 12.3 Å². The second-order valence-corrected chi connectivity index (χ2v) is 7.54. The van der Waals surface area contributed by atoms with E-state index in [1.807, 2.05) is 0 Å². The minimum atomic E-state index is -4.54. The van der Waals surface area contributed by atoms with Crippen molar-refractivity contribution in [2.75, 3.05) is 11.9 Å². The maximum atomic E-state index is 12.9. The van der Waals surface area contributed by atoms with Crippen molar-refractivity contribution in [1.29, 1.82) is 0 Å². The van der Waals surface area contributed by atoms with Crippen LogP contribution < -0.4 is 10.6 Å². The Kier molecular flexibility index (Phi) is 6.62. The van der Waals surface area contributed by atoms with Crippen molar-refractivity contribution in [2.24, 2.45) is 5.92 Å². The van der Waals surface area contributed by atoms with Crippen molar-refractivity contribution in [3.05, 3.63) is 58.6 Å². The van der Waals surface area contributed by atoms with Crippen LogP contribution in [0.5, 0.6) is 0 Å². The zero-order chi connectivity index (χ0) is 21.0. The van der Waals surface area contributed by atoms with Gasteiger partial charge >= 0.3 is 6.18 Å². The normalized spacial score (nSPS) is 19.6. The fourth-order valence-corrected chi connectivity index (χ4v) is 3.60. The number of benzene rings is 1. The van der Waals surface area contributed by atoms with Gasteiger partial charge in [0, 0.05) is 12.6 Å². The number of halogens is 5. The summed E-state index contributed by atoms with van der Waals surface area (Å²) in [4.78, 5) is 16.0. The molecular formula is C20H20ClF4N3O. The molecular weight excluding hydrogens is 410 g/mol. The van der Waals surface area contributed by atoms with Crippen LogP contribution in [0.2, 0.25) is 5.02 Å². The van der Waals surface area contributed by atoms with E-state index in [4.69, 9.17) is 11.6 Å². The van der Waals surface area contributed by atoms with Crippen LogP contribution in [0.3, 0.4) is 0 Å². The van der Waals surface area contributed by atoms with Gasteiger partial charge < -0.3 is 10.6 Å². The van der Waals surface area contributed by atoms with Crippen molar-refractivity contribution >= 4 is 23.2 Å². The van der Waals surface area contributed by atoms with E-state index in [1.54, 1.807) is 6.07 Å². The Hall–Kier alpha value is -2.35. The summed E-state index contributed by atoms with van der Waals surface area (Å²) in [6.45, 7) is 0.702. The minimum Gasteiger partial charge on any atom is -0.384 e. The SMILES string of the molecule is O=C(N[C@H]1CC[C@H](CNc2ccc(F)nc2)CC1)c1cc(C(F)(F)F)ccc1Cl. The molecule has 0 spiro atoms. The predicted molar refractivity (Wildman–Crippen MR) is 102 cm³/mol. The topological polar surface area (TPSA) is 54.0 Å². The van der Waals surface area contributed by atoms with Gasteiger partial charge in [0.25, 0.3) is 5.91 Å². The highest BCUT2D eigenvalue weighted by atomic mass is 35.5. The van der Waals surface area contributed by atoms with Gasteiger partial charge in [0.2, 0.25) is 5.95 Å². The number of nitrogens with one attached hydrogen (secondary N) is 2. The van der Waals surface area contributed by atoms with E-state index in [9.17, 15) is 22.4 Å². The summed E-state index contributed by atoms with van der Waals surface area (Å²) >= 11 is 5.93. The molecule has 0 aliphatic heterocycles. The van der Waals surface area contributed by atoms with Gasteiger partial charge in [-0.2, -0.15) is 17.6 Å². The quantitative estimate of drug-likeness (QED) is 0.501. The van der Waals surface area contributed by atoms with Crippen molar-refractivity contribution in [3.63, 3.8) is 0 Å². The first-order valence-electron chi connectivity index (χ1n) is 9.25. The van der Waals surface area contributed by atoms with Crippen molar-refractivity contribution < 1.29 is 22.4 Å². The summed E-state index contributed by atoms with van der Waals surface area (Å²) in [6.07, 6.45) is 0.0309. The highest BCUT2D eigenvalue weighted by Gasteiger charge is 2.32. The molecule has 1 fully saturated rings. The summed E-state index contributed by atoms with van der Waals surface area (Å²) in [5, 5.41) is 5.99. The molecule has 1 saturated carbocycles. The zero-order valence-corrected chi connectivity index (χ0v) is 16.2. The number of anilines is 1. The molecule has 1 heterocycles. The van der Waals surface area contributed by atoms with Crippen LogP contribution in [0.4, 0.5) is 23.2 Å². The molecule has 0 radical (unpaired) electrons. The van der Waals surface area contributed by atoms with Gasteiger partial charge in [-0.25, -0.2) is 4.98 Å². The number of rotatable bonds is 5. The molecule has 0 atom stereocenters. The lowest BCUT2D eigenvalue weighted by atomic mass is 9.86. The number of hydrogen-bond acceptors (Lipinski definition) is 3. The Balaban J connectivity index is 1.50. The first kappa shape index (κ1) is 21.4. The molecule has 2 aromatic rings. The lowest BCUT2D eigenvalue weighted by Gasteiger charge is -2.29. The Morgan fingerprint density at radius 2 is 1.86 bits per heavy atom. The lowest BCUT2D eigenvalue weighted by Crippen LogP contribution is -2.38. The fourth-order valence-electron chi connectivity index (χ4n) is 3.39. The lowest BCUT2D eigenvalue weighted by molar-refractivity contribution is -0.137. The summed E-state index contributed by atoms with van der Waals surface area (Å²) in [6, 6.07) is 5.52. The minimum absolute atomic E-state index is 0.0127. The molecule has 29 heavy (non-hydrogen) atoms. The van der Waals surface area contributed by atoms with E-state index in [0.29, 0.717) is 12.5 Å². The molecule has 1 aromatic heterocycles. The monoisotopic (exact) mass is 429 g/mol. The van der Waals surface area contributed by atoms with Crippen molar-refractivity contribution in [3.8, 4) is 0 Å². The smallest absolute Gasteiger partial charge is 0.384 e. The van der Waals surface area contributed by atoms with Gasteiger partial charge in [0.1, 0.15) is 0 Å². The summed E-state index contributed by atoms with van der Waals surface area (Å²) < 4.78 is 51.4. The molecule has 3 rings (SSSR count). The van der Waals surface area contributed by atoms with Gasteiger partial charge in [-0.15, -0.1) is 0 Å². The van der Waals surface area contributed by atoms with Crippen LogP contribution >= 0.6 is 11.6 Å². The number of carbonyl (C=O) groups excluding carboxylic acids is 1. The van der Waals surface area contributed by atoms with Gasteiger partial charge in [0.05, 0.1) is 28.0 Å². The van der Waals surface area contributed by atoms with Crippen LogP contribution in [-0.2, 0) is 6.18 Å². The Labute approximate surface area is 170 Å². The number of nitrogens with zero attached hydrogens (tertiary/aromatic N) is 1. The van der Waals surface area contributed by atoms with Crippen LogP contribution in [0.1, 0.15) is 41.6 Å². The van der Waals surface area contributed by atoms with Gasteiger partial charge in [-0.05, 0) is 61.9 Å². The summed E-state index contributed by atoms with van der Waals surface area (Å²) in [5.74, 6) is -0.752. The highest BCUT2D eigenvalue weighted by Crippen LogP contribution is 2.32. The summed E-state index contributed by atoms with van der Waals surface area (Å²) in [5.41, 5.74) is -0.341. The molecule has 2 N–H and O–H groups in total. The third-order valence-corrected chi connectivity index (χ3v) is 5.37. The molecule has 4 nitrogen and oxygen atoms in total. The van der Waals surface area contributed by atoms with Gasteiger partial charge in [0.15, 0.2) is 0 Å². The predicted octanol–water partition coefficient (Wildman–Crippen LogP) is 5.29. The maximum absolute atomic E-state index is 12.9. The molecule has 1 aliphatic carbocycles. The number of carbonyl (C=O) groups is 1. The third-order valence-electron chi connectivity index (χ3n) is 5.04. The number of amides is 1. The highest BCUT2D eigenvalue weighted by molar-refractivity contribution is 6.33. The molecule has 1 aliphatic rings. The number of aromatic nitrogens is 1. The number of pyridine rings is 1. The van der Waals surface area contributed by atoms with E-state index in [0.717, 1.165) is 49.6 Å². The average molecular weight is 430 g/mol. The van der Waals surface area contributed by atoms with Crippen LogP contribution in [0.25, 0.3) is 0 Å². The third kappa shape index (κ3) is 5.82. The summed E-state index contributed by atoms with van der Waals surface area (Å²) in [7, 11) is 0. The van der Waals surface area contributed by atoms with Crippen LogP contribution in [0, 0.1) is 11.9 Å². The van der Waals surface area contributed by atoms with Crippen LogP contribution in [0.15, 0.2) is 36.5 Å². The standard InChI is InChI=1S/C20H20ClF4N3O/c21-17-7-3-13(20(23,24)25)9-16(17)19(29)28-14-4-1-12(2-5-14)10-26-15-6-8-18(22)27-11-15/h3,6-9,11-12,14,26H,1-2,4-5,10H2,(H,28,29)/t12-,14-. The second-order valence-electron chi connectivity index (χ2n) is 7.13.